The fourth-order valence-electron chi connectivity index (χ4n) is 3.14. The molecule has 6 heteroatoms. The summed E-state index contributed by atoms with van der Waals surface area (Å²) < 4.78 is 28.1. The Labute approximate surface area is 140 Å². The van der Waals surface area contributed by atoms with Gasteiger partial charge in [0.05, 0.1) is 4.90 Å². The summed E-state index contributed by atoms with van der Waals surface area (Å²) >= 11 is 0. The van der Waals surface area contributed by atoms with Gasteiger partial charge in [0.1, 0.15) is 0 Å². The molecule has 1 aromatic rings. The number of rotatable bonds is 4. The van der Waals surface area contributed by atoms with Gasteiger partial charge in [-0.2, -0.15) is 0 Å². The van der Waals surface area contributed by atoms with Crippen LogP contribution in [-0.4, -0.2) is 28.1 Å². The molecule has 1 aliphatic heterocycles. The Kier molecular flexibility index (Phi) is 6.45. The van der Waals surface area contributed by atoms with E-state index in [0.29, 0.717) is 11.4 Å². The minimum absolute atomic E-state index is 0. The zero-order valence-electron chi connectivity index (χ0n) is 13.8. The summed E-state index contributed by atoms with van der Waals surface area (Å²) in [6, 6.07) is 3.85. The fourth-order valence-corrected chi connectivity index (χ4v) is 4.79. The van der Waals surface area contributed by atoms with Crippen LogP contribution in [0, 0.1) is 26.2 Å². The van der Waals surface area contributed by atoms with Gasteiger partial charge in [-0.25, -0.2) is 13.1 Å². The van der Waals surface area contributed by atoms with Crippen LogP contribution in [0.25, 0.3) is 0 Å². The van der Waals surface area contributed by atoms with Crippen molar-refractivity contribution in [3.63, 3.8) is 0 Å². The van der Waals surface area contributed by atoms with Crippen molar-refractivity contribution in [1.29, 1.82) is 0 Å². The molecule has 2 N–H and O–H groups in total. The second kappa shape index (κ2) is 7.30. The Balaban J connectivity index is 0.00000242. The lowest BCUT2D eigenvalue weighted by atomic mass is 9.81. The predicted octanol–water partition coefficient (Wildman–Crippen LogP) is 2.70. The lowest BCUT2D eigenvalue weighted by molar-refractivity contribution is 0.232. The van der Waals surface area contributed by atoms with Crippen LogP contribution in [0.15, 0.2) is 17.0 Å². The summed E-state index contributed by atoms with van der Waals surface area (Å²) in [6.07, 6.45) is 2.00. The van der Waals surface area contributed by atoms with Crippen molar-refractivity contribution in [3.8, 4) is 0 Å². The van der Waals surface area contributed by atoms with Crippen LogP contribution in [0.1, 0.15) is 36.5 Å². The summed E-state index contributed by atoms with van der Waals surface area (Å²) in [6.45, 7) is 10.3. The van der Waals surface area contributed by atoms with Crippen LogP contribution in [0.3, 0.4) is 0 Å². The molecule has 1 aliphatic rings. The summed E-state index contributed by atoms with van der Waals surface area (Å²) in [4.78, 5) is 0.436. The first-order chi connectivity index (χ1) is 9.73. The molecule has 0 atom stereocenters. The molecule has 0 aliphatic carbocycles. The summed E-state index contributed by atoms with van der Waals surface area (Å²) in [7, 11) is -3.45. The number of piperidine rings is 1. The van der Waals surface area contributed by atoms with Gasteiger partial charge in [0, 0.05) is 6.54 Å². The molecule has 0 amide bonds. The Bertz CT molecular complexity index is 600. The molecular formula is C16H27ClN2O2S. The van der Waals surface area contributed by atoms with E-state index in [1.54, 1.807) is 0 Å². The fraction of sp³-hybridized carbons (Fsp3) is 0.625. The highest BCUT2D eigenvalue weighted by atomic mass is 35.5. The quantitative estimate of drug-likeness (QED) is 0.881. The van der Waals surface area contributed by atoms with Gasteiger partial charge in [-0.15, -0.1) is 12.4 Å². The normalized spacial score (nSPS) is 17.8. The van der Waals surface area contributed by atoms with Crippen molar-refractivity contribution in [2.75, 3.05) is 19.6 Å². The van der Waals surface area contributed by atoms with E-state index in [0.717, 1.165) is 42.6 Å². The Morgan fingerprint density at radius 2 is 1.64 bits per heavy atom. The van der Waals surface area contributed by atoms with Crippen LogP contribution in [0.5, 0.6) is 0 Å². The minimum Gasteiger partial charge on any atom is -0.317 e. The topological polar surface area (TPSA) is 58.2 Å². The molecule has 1 heterocycles. The van der Waals surface area contributed by atoms with Gasteiger partial charge in [-0.3, -0.25) is 0 Å². The highest BCUT2D eigenvalue weighted by Crippen LogP contribution is 2.28. The third-order valence-corrected chi connectivity index (χ3v) is 6.08. The molecule has 1 fully saturated rings. The van der Waals surface area contributed by atoms with Crippen molar-refractivity contribution in [2.45, 2.75) is 45.4 Å². The van der Waals surface area contributed by atoms with Crippen LogP contribution >= 0.6 is 12.4 Å². The van der Waals surface area contributed by atoms with Crippen LogP contribution in [-0.2, 0) is 10.0 Å². The molecule has 2 rings (SSSR count). The minimum atomic E-state index is -3.45. The second-order valence-electron chi connectivity index (χ2n) is 6.61. The van der Waals surface area contributed by atoms with E-state index in [4.69, 9.17) is 0 Å². The van der Waals surface area contributed by atoms with Crippen molar-refractivity contribution in [2.24, 2.45) is 5.41 Å². The van der Waals surface area contributed by atoms with Crippen molar-refractivity contribution < 1.29 is 8.42 Å². The smallest absolute Gasteiger partial charge is 0.241 e. The molecule has 0 bridgehead atoms. The van der Waals surface area contributed by atoms with Crippen molar-refractivity contribution in [3.05, 3.63) is 28.8 Å². The first kappa shape index (κ1) is 19.4. The van der Waals surface area contributed by atoms with E-state index in [1.807, 2.05) is 32.9 Å². The zero-order chi connectivity index (χ0) is 15.7. The summed E-state index contributed by atoms with van der Waals surface area (Å²) in [5.74, 6) is 0. The highest BCUT2D eigenvalue weighted by molar-refractivity contribution is 7.89. The summed E-state index contributed by atoms with van der Waals surface area (Å²) in [5.41, 5.74) is 2.77. The molecule has 126 valence electrons. The molecule has 1 aromatic carbocycles. The molecule has 4 nitrogen and oxygen atoms in total. The third-order valence-electron chi connectivity index (χ3n) is 4.37. The Hall–Kier alpha value is -0.620. The molecule has 0 saturated carbocycles. The van der Waals surface area contributed by atoms with E-state index in [2.05, 4.69) is 17.0 Å². The number of nitrogens with one attached hydrogen (secondary N) is 2. The average Bonchev–Trinajstić information content (AvgIpc) is 2.36. The van der Waals surface area contributed by atoms with Gasteiger partial charge < -0.3 is 5.32 Å². The molecule has 0 aromatic heterocycles. The van der Waals surface area contributed by atoms with Gasteiger partial charge in [-0.05, 0) is 63.2 Å². The molecule has 0 unspecified atom stereocenters. The summed E-state index contributed by atoms with van der Waals surface area (Å²) in [5, 5.41) is 3.32. The molecule has 0 spiro atoms. The first-order valence-corrected chi connectivity index (χ1v) is 9.00. The van der Waals surface area contributed by atoms with Crippen LogP contribution in [0.2, 0.25) is 0 Å². The van der Waals surface area contributed by atoms with Crippen molar-refractivity contribution in [1.82, 2.24) is 10.0 Å². The maximum Gasteiger partial charge on any atom is 0.241 e. The first-order valence-electron chi connectivity index (χ1n) is 7.52. The number of hydrogen-bond donors (Lipinski definition) is 2. The molecular weight excluding hydrogens is 320 g/mol. The van der Waals surface area contributed by atoms with Crippen LogP contribution in [0.4, 0.5) is 0 Å². The number of aryl methyl sites for hydroxylation is 3. The van der Waals surface area contributed by atoms with E-state index < -0.39 is 10.0 Å². The third kappa shape index (κ3) is 4.44. The molecule has 22 heavy (non-hydrogen) atoms. The number of hydrogen-bond acceptors (Lipinski definition) is 3. The molecule has 1 saturated heterocycles. The maximum absolute atomic E-state index is 12.6. The van der Waals surface area contributed by atoms with Gasteiger partial charge in [0.25, 0.3) is 0 Å². The van der Waals surface area contributed by atoms with Gasteiger partial charge in [0.2, 0.25) is 10.0 Å². The molecule has 0 radical (unpaired) electrons. The predicted molar refractivity (Wildman–Crippen MR) is 93.3 cm³/mol. The number of benzene rings is 1. The zero-order valence-corrected chi connectivity index (χ0v) is 15.5. The standard InChI is InChI=1S/C16H26N2O2S.ClH/c1-12-9-13(2)15(14(3)10-12)21(19,20)18-11-16(4)5-7-17-8-6-16;/h9-10,17-18H,5-8,11H2,1-4H3;1H. The number of sulfonamides is 1. The maximum atomic E-state index is 12.6. The van der Waals surface area contributed by atoms with E-state index >= 15 is 0 Å². The number of halogens is 1. The monoisotopic (exact) mass is 346 g/mol. The lowest BCUT2D eigenvalue weighted by Gasteiger charge is -2.34. The largest absolute Gasteiger partial charge is 0.317 e. The van der Waals surface area contributed by atoms with E-state index in [1.165, 1.54) is 0 Å². The SMILES string of the molecule is Cc1cc(C)c(S(=O)(=O)NCC2(C)CCNCC2)c(C)c1.Cl. The van der Waals surface area contributed by atoms with E-state index in [-0.39, 0.29) is 17.8 Å². The Morgan fingerprint density at radius 3 is 2.14 bits per heavy atom. The van der Waals surface area contributed by atoms with Crippen molar-refractivity contribution >= 4 is 22.4 Å². The van der Waals surface area contributed by atoms with Gasteiger partial charge in [0.15, 0.2) is 0 Å². The second-order valence-corrected chi connectivity index (χ2v) is 8.32. The Morgan fingerprint density at radius 1 is 1.14 bits per heavy atom. The average molecular weight is 347 g/mol. The van der Waals surface area contributed by atoms with Gasteiger partial charge >= 0.3 is 0 Å². The lowest BCUT2D eigenvalue weighted by Crippen LogP contribution is -2.43. The van der Waals surface area contributed by atoms with E-state index in [9.17, 15) is 8.42 Å². The van der Waals surface area contributed by atoms with Gasteiger partial charge in [-0.1, -0.05) is 24.6 Å². The highest BCUT2D eigenvalue weighted by Gasteiger charge is 2.29. The van der Waals surface area contributed by atoms with Crippen LogP contribution < -0.4 is 10.0 Å².